The van der Waals surface area contributed by atoms with Crippen molar-refractivity contribution in [3.05, 3.63) is 65.9 Å². The van der Waals surface area contributed by atoms with E-state index >= 15 is 0 Å². The number of likely N-dealkylation sites (N-methyl/N-ethyl adjacent to an activating group) is 1. The van der Waals surface area contributed by atoms with E-state index in [0.717, 1.165) is 27.8 Å². The number of hydrogen-bond donors (Lipinski definition) is 2. The molecule has 3 rings (SSSR count). The van der Waals surface area contributed by atoms with Gasteiger partial charge in [0.15, 0.2) is 0 Å². The molecule has 2 amide bonds. The smallest absolute Gasteiger partial charge is 0.245 e. The number of nitrogens with one attached hydrogen (secondary N) is 2. The summed E-state index contributed by atoms with van der Waals surface area (Å²) in [6.07, 6.45) is 2.33. The average Bonchev–Trinajstić information content (AvgIpc) is 3.10. The van der Waals surface area contributed by atoms with Gasteiger partial charge in [-0.2, -0.15) is 0 Å². The Morgan fingerprint density at radius 3 is 2.54 bits per heavy atom. The summed E-state index contributed by atoms with van der Waals surface area (Å²) in [6, 6.07) is 14.9. The molecule has 0 spiro atoms. The first-order valence-electron chi connectivity index (χ1n) is 9.18. The third-order valence-electron chi connectivity index (χ3n) is 4.73. The minimum Gasteiger partial charge on any atom is -0.497 e. The predicted octanol–water partition coefficient (Wildman–Crippen LogP) is 2.88. The van der Waals surface area contributed by atoms with Crippen LogP contribution in [0.3, 0.4) is 0 Å². The molecule has 0 saturated carbocycles. The number of aromatic nitrogens is 1. The minimum absolute atomic E-state index is 0.128. The molecule has 0 fully saturated rings. The number of hydrogen-bond acceptors (Lipinski definition) is 3. The quantitative estimate of drug-likeness (QED) is 0.663. The first-order valence-corrected chi connectivity index (χ1v) is 9.18. The van der Waals surface area contributed by atoms with E-state index in [4.69, 9.17) is 4.74 Å². The number of nitrogens with zero attached hydrogens (tertiary/aromatic N) is 1. The second-order valence-corrected chi connectivity index (χ2v) is 6.86. The number of aromatic amines is 1. The van der Waals surface area contributed by atoms with Crippen molar-refractivity contribution in [3.63, 3.8) is 0 Å². The third kappa shape index (κ3) is 4.52. The number of H-pyrrole nitrogens is 1. The Kier molecular flexibility index (Phi) is 5.99. The second-order valence-electron chi connectivity index (χ2n) is 6.86. The first-order chi connectivity index (χ1) is 13.5. The van der Waals surface area contributed by atoms with Gasteiger partial charge in [0.25, 0.3) is 0 Å². The number of fused-ring (bicyclic) bond motifs is 1. The predicted molar refractivity (Wildman–Crippen MR) is 109 cm³/mol. The SMILES string of the molecule is COc1ccc(CN(C)C(=O)C(Cc2c[nH]c3ccccc23)NC(C)=O)cc1. The summed E-state index contributed by atoms with van der Waals surface area (Å²) >= 11 is 0. The van der Waals surface area contributed by atoms with Crippen molar-refractivity contribution in [2.45, 2.75) is 25.9 Å². The maximum atomic E-state index is 13.0. The summed E-state index contributed by atoms with van der Waals surface area (Å²) in [4.78, 5) is 29.6. The van der Waals surface area contributed by atoms with Crippen molar-refractivity contribution >= 4 is 22.7 Å². The van der Waals surface area contributed by atoms with Crippen molar-refractivity contribution in [1.82, 2.24) is 15.2 Å². The van der Waals surface area contributed by atoms with Gasteiger partial charge >= 0.3 is 0 Å². The number of amides is 2. The van der Waals surface area contributed by atoms with Crippen LogP contribution in [0.1, 0.15) is 18.1 Å². The Morgan fingerprint density at radius 1 is 1.14 bits per heavy atom. The fourth-order valence-electron chi connectivity index (χ4n) is 3.31. The lowest BCUT2D eigenvalue weighted by molar-refractivity contribution is -0.135. The van der Waals surface area contributed by atoms with E-state index in [9.17, 15) is 9.59 Å². The summed E-state index contributed by atoms with van der Waals surface area (Å²) in [5, 5.41) is 3.86. The molecule has 1 unspecified atom stereocenters. The molecule has 0 aliphatic heterocycles. The maximum absolute atomic E-state index is 13.0. The van der Waals surface area contributed by atoms with Crippen LogP contribution in [0.2, 0.25) is 0 Å². The van der Waals surface area contributed by atoms with Gasteiger partial charge in [-0.15, -0.1) is 0 Å². The summed E-state index contributed by atoms with van der Waals surface area (Å²) in [5.74, 6) is 0.417. The Bertz CT molecular complexity index is 963. The average molecular weight is 379 g/mol. The third-order valence-corrected chi connectivity index (χ3v) is 4.73. The van der Waals surface area contributed by atoms with E-state index in [2.05, 4.69) is 10.3 Å². The largest absolute Gasteiger partial charge is 0.497 e. The summed E-state index contributed by atoms with van der Waals surface area (Å²) in [6.45, 7) is 1.88. The maximum Gasteiger partial charge on any atom is 0.245 e. The van der Waals surface area contributed by atoms with Crippen LogP contribution in [-0.2, 0) is 22.6 Å². The van der Waals surface area contributed by atoms with E-state index in [0.29, 0.717) is 13.0 Å². The van der Waals surface area contributed by atoms with E-state index in [1.54, 1.807) is 19.1 Å². The minimum atomic E-state index is -0.625. The molecule has 2 aromatic carbocycles. The molecule has 6 nitrogen and oxygen atoms in total. The molecular formula is C22H25N3O3. The van der Waals surface area contributed by atoms with E-state index in [1.807, 2.05) is 54.7 Å². The van der Waals surface area contributed by atoms with Gasteiger partial charge in [0, 0.05) is 44.0 Å². The lowest BCUT2D eigenvalue weighted by atomic mass is 10.0. The monoisotopic (exact) mass is 379 g/mol. The van der Waals surface area contributed by atoms with Gasteiger partial charge in [0.2, 0.25) is 11.8 Å². The Morgan fingerprint density at radius 2 is 1.86 bits per heavy atom. The normalized spacial score (nSPS) is 11.8. The van der Waals surface area contributed by atoms with E-state index in [1.165, 1.54) is 6.92 Å². The van der Waals surface area contributed by atoms with Crippen LogP contribution in [0.25, 0.3) is 10.9 Å². The highest BCUT2D eigenvalue weighted by molar-refractivity contribution is 5.89. The Labute approximate surface area is 164 Å². The number of methoxy groups -OCH3 is 1. The van der Waals surface area contributed by atoms with Crippen molar-refractivity contribution in [2.75, 3.05) is 14.2 Å². The van der Waals surface area contributed by atoms with Crippen LogP contribution in [-0.4, -0.2) is 41.9 Å². The first kappa shape index (κ1) is 19.5. The van der Waals surface area contributed by atoms with E-state index in [-0.39, 0.29) is 11.8 Å². The van der Waals surface area contributed by atoms with Crippen LogP contribution in [0.15, 0.2) is 54.7 Å². The summed E-state index contributed by atoms with van der Waals surface area (Å²) < 4.78 is 5.17. The molecule has 28 heavy (non-hydrogen) atoms. The number of benzene rings is 2. The van der Waals surface area contributed by atoms with Gasteiger partial charge in [-0.25, -0.2) is 0 Å². The Hall–Kier alpha value is -3.28. The lowest BCUT2D eigenvalue weighted by Gasteiger charge is -2.24. The zero-order valence-electron chi connectivity index (χ0n) is 16.4. The molecule has 2 N–H and O–H groups in total. The van der Waals surface area contributed by atoms with Crippen molar-refractivity contribution in [1.29, 1.82) is 0 Å². The molecule has 1 heterocycles. The van der Waals surface area contributed by atoms with Gasteiger partial charge in [-0.05, 0) is 29.3 Å². The molecule has 0 radical (unpaired) electrons. The molecule has 6 heteroatoms. The van der Waals surface area contributed by atoms with Crippen LogP contribution in [0.4, 0.5) is 0 Å². The lowest BCUT2D eigenvalue weighted by Crippen LogP contribution is -2.47. The fraction of sp³-hybridized carbons (Fsp3) is 0.273. The summed E-state index contributed by atoms with van der Waals surface area (Å²) in [5.41, 5.74) is 3.00. The van der Waals surface area contributed by atoms with Crippen molar-refractivity contribution < 1.29 is 14.3 Å². The molecule has 3 aromatic rings. The van der Waals surface area contributed by atoms with Gasteiger partial charge in [-0.3, -0.25) is 9.59 Å². The summed E-state index contributed by atoms with van der Waals surface area (Å²) in [7, 11) is 3.37. The van der Waals surface area contributed by atoms with Crippen LogP contribution in [0.5, 0.6) is 5.75 Å². The number of para-hydroxylation sites is 1. The van der Waals surface area contributed by atoms with Crippen LogP contribution in [0, 0.1) is 0 Å². The number of ether oxygens (including phenoxy) is 1. The van der Waals surface area contributed by atoms with Gasteiger partial charge < -0.3 is 19.9 Å². The molecule has 146 valence electrons. The molecule has 0 aliphatic carbocycles. The van der Waals surface area contributed by atoms with Crippen molar-refractivity contribution in [3.8, 4) is 5.75 Å². The zero-order chi connectivity index (χ0) is 20.1. The molecular weight excluding hydrogens is 354 g/mol. The molecule has 0 bridgehead atoms. The van der Waals surface area contributed by atoms with Crippen LogP contribution >= 0.6 is 0 Å². The molecule has 1 atom stereocenters. The Balaban J connectivity index is 1.75. The molecule has 0 saturated heterocycles. The van der Waals surface area contributed by atoms with Crippen LogP contribution < -0.4 is 10.1 Å². The highest BCUT2D eigenvalue weighted by Gasteiger charge is 2.24. The highest BCUT2D eigenvalue weighted by Crippen LogP contribution is 2.20. The fourth-order valence-corrected chi connectivity index (χ4v) is 3.31. The van der Waals surface area contributed by atoms with Gasteiger partial charge in [-0.1, -0.05) is 30.3 Å². The van der Waals surface area contributed by atoms with Crippen molar-refractivity contribution in [2.24, 2.45) is 0 Å². The van der Waals surface area contributed by atoms with E-state index < -0.39 is 6.04 Å². The second kappa shape index (κ2) is 8.61. The number of rotatable bonds is 7. The molecule has 0 aliphatic rings. The number of carbonyl (C=O) groups excluding carboxylic acids is 2. The highest BCUT2D eigenvalue weighted by atomic mass is 16.5. The standard InChI is InChI=1S/C22H25N3O3/c1-15(26)24-21(12-17-13-23-20-7-5-4-6-19(17)20)22(27)25(2)14-16-8-10-18(28-3)11-9-16/h4-11,13,21,23H,12,14H2,1-3H3,(H,24,26). The molecule has 1 aromatic heterocycles. The van der Waals surface area contributed by atoms with Gasteiger partial charge in [0.1, 0.15) is 11.8 Å². The zero-order valence-corrected chi connectivity index (χ0v) is 16.4. The topological polar surface area (TPSA) is 74.4 Å². The van der Waals surface area contributed by atoms with Gasteiger partial charge in [0.05, 0.1) is 7.11 Å². The number of carbonyl (C=O) groups is 2.